The smallest absolute Gasteiger partial charge is 0.411 e. The molecule has 19 heavy (non-hydrogen) atoms. The van der Waals surface area contributed by atoms with E-state index in [9.17, 15) is 14.7 Å². The molecule has 0 spiro atoms. The summed E-state index contributed by atoms with van der Waals surface area (Å²) in [4.78, 5) is 25.3. The van der Waals surface area contributed by atoms with Crippen molar-refractivity contribution in [3.63, 3.8) is 0 Å². The summed E-state index contributed by atoms with van der Waals surface area (Å²) in [5.41, 5.74) is -1.85. The van der Waals surface area contributed by atoms with E-state index in [1.165, 1.54) is 4.90 Å². The van der Waals surface area contributed by atoms with E-state index in [0.717, 1.165) is 0 Å². The Kier molecular flexibility index (Phi) is 5.84. The molecular formula is C14H27NO4. The molecule has 112 valence electrons. The monoisotopic (exact) mass is 273 g/mol. The third-order valence-electron chi connectivity index (χ3n) is 3.14. The van der Waals surface area contributed by atoms with Crippen molar-refractivity contribution in [2.24, 2.45) is 0 Å². The van der Waals surface area contributed by atoms with Crippen LogP contribution in [0.15, 0.2) is 0 Å². The SMILES string of the molecule is CCC(CC)(C(=O)O)N(C(=O)OC(C)(C)C)C(C)C. The van der Waals surface area contributed by atoms with Crippen molar-refractivity contribution in [1.29, 1.82) is 0 Å². The number of hydrogen-bond acceptors (Lipinski definition) is 3. The van der Waals surface area contributed by atoms with E-state index in [4.69, 9.17) is 4.74 Å². The minimum absolute atomic E-state index is 0.245. The van der Waals surface area contributed by atoms with Gasteiger partial charge in [0, 0.05) is 6.04 Å². The summed E-state index contributed by atoms with van der Waals surface area (Å²) in [7, 11) is 0. The van der Waals surface area contributed by atoms with Crippen molar-refractivity contribution in [1.82, 2.24) is 4.90 Å². The van der Waals surface area contributed by atoms with Crippen molar-refractivity contribution >= 4 is 12.1 Å². The summed E-state index contributed by atoms with van der Waals surface area (Å²) in [5.74, 6) is -0.989. The zero-order valence-electron chi connectivity index (χ0n) is 13.1. The molecule has 0 aromatic rings. The van der Waals surface area contributed by atoms with Crippen LogP contribution in [-0.4, -0.2) is 39.3 Å². The van der Waals surface area contributed by atoms with Crippen molar-refractivity contribution in [3.05, 3.63) is 0 Å². The molecule has 1 amide bonds. The highest BCUT2D eigenvalue weighted by atomic mass is 16.6. The van der Waals surface area contributed by atoms with Crippen LogP contribution in [0, 0.1) is 0 Å². The molecule has 0 aliphatic carbocycles. The summed E-state index contributed by atoms with van der Waals surface area (Å²) in [5, 5.41) is 9.54. The molecule has 1 N–H and O–H groups in total. The summed E-state index contributed by atoms with van der Waals surface area (Å²) in [6.07, 6.45) is 0.112. The lowest BCUT2D eigenvalue weighted by atomic mass is 9.89. The number of carbonyl (C=O) groups is 2. The van der Waals surface area contributed by atoms with Crippen LogP contribution in [0.4, 0.5) is 4.79 Å². The average Bonchev–Trinajstić information content (AvgIpc) is 2.21. The first-order valence-corrected chi connectivity index (χ1v) is 6.77. The van der Waals surface area contributed by atoms with Gasteiger partial charge in [-0.15, -0.1) is 0 Å². The second kappa shape index (κ2) is 6.26. The Hall–Kier alpha value is -1.26. The van der Waals surface area contributed by atoms with Crippen molar-refractivity contribution in [2.45, 2.75) is 78.5 Å². The van der Waals surface area contributed by atoms with Gasteiger partial charge in [0.1, 0.15) is 11.1 Å². The quantitative estimate of drug-likeness (QED) is 0.834. The number of rotatable bonds is 5. The number of nitrogens with zero attached hydrogens (tertiary/aromatic N) is 1. The van der Waals surface area contributed by atoms with Gasteiger partial charge < -0.3 is 9.84 Å². The molecule has 0 rings (SSSR count). The molecule has 0 aromatic carbocycles. The Morgan fingerprint density at radius 1 is 1.16 bits per heavy atom. The number of carboxylic acids is 1. The van der Waals surface area contributed by atoms with E-state index in [2.05, 4.69) is 0 Å². The van der Waals surface area contributed by atoms with Gasteiger partial charge in [0.05, 0.1) is 0 Å². The Morgan fingerprint density at radius 3 is 1.79 bits per heavy atom. The third kappa shape index (κ3) is 4.11. The number of hydrogen-bond donors (Lipinski definition) is 1. The number of aliphatic carboxylic acids is 1. The molecule has 0 aliphatic heterocycles. The third-order valence-corrected chi connectivity index (χ3v) is 3.14. The molecule has 5 nitrogen and oxygen atoms in total. The molecule has 0 radical (unpaired) electrons. The minimum atomic E-state index is -1.21. The van der Waals surface area contributed by atoms with Crippen LogP contribution in [0.25, 0.3) is 0 Å². The first-order valence-electron chi connectivity index (χ1n) is 6.77. The molecule has 0 saturated carbocycles. The van der Waals surface area contributed by atoms with Gasteiger partial charge in [-0.05, 0) is 47.5 Å². The van der Waals surface area contributed by atoms with Crippen LogP contribution >= 0.6 is 0 Å². The zero-order valence-corrected chi connectivity index (χ0v) is 13.1. The average molecular weight is 273 g/mol. The number of carbonyl (C=O) groups excluding carboxylic acids is 1. The maximum atomic E-state index is 12.3. The van der Waals surface area contributed by atoms with Gasteiger partial charge >= 0.3 is 12.1 Å². The second-order valence-electron chi connectivity index (χ2n) is 5.99. The Balaban J connectivity index is 5.52. The van der Waals surface area contributed by atoms with E-state index >= 15 is 0 Å². The first kappa shape index (κ1) is 17.7. The summed E-state index contributed by atoms with van der Waals surface area (Å²) >= 11 is 0. The van der Waals surface area contributed by atoms with Gasteiger partial charge in [-0.1, -0.05) is 13.8 Å². The molecular weight excluding hydrogens is 246 g/mol. The van der Waals surface area contributed by atoms with Crippen molar-refractivity contribution < 1.29 is 19.4 Å². The highest BCUT2D eigenvalue weighted by Gasteiger charge is 2.46. The molecule has 5 heteroatoms. The van der Waals surface area contributed by atoms with Crippen LogP contribution in [0.5, 0.6) is 0 Å². The summed E-state index contributed by atoms with van der Waals surface area (Å²) in [6, 6.07) is -0.245. The second-order valence-corrected chi connectivity index (χ2v) is 5.99. The standard InChI is InChI=1S/C14H27NO4/c1-8-14(9-2,11(16)17)15(10(3)4)12(18)19-13(5,6)7/h10H,8-9H2,1-7H3,(H,16,17). The molecule has 0 atom stereocenters. The zero-order chi connectivity index (χ0) is 15.4. The van der Waals surface area contributed by atoms with Gasteiger partial charge in [-0.2, -0.15) is 0 Å². The molecule has 0 aliphatic rings. The number of ether oxygens (including phenoxy) is 1. The Morgan fingerprint density at radius 2 is 1.58 bits per heavy atom. The van der Waals surface area contributed by atoms with Gasteiger partial charge in [0.15, 0.2) is 0 Å². The van der Waals surface area contributed by atoms with Gasteiger partial charge in [-0.3, -0.25) is 4.90 Å². The lowest BCUT2D eigenvalue weighted by molar-refractivity contribution is -0.153. The van der Waals surface area contributed by atoms with Gasteiger partial charge in [0.25, 0.3) is 0 Å². The van der Waals surface area contributed by atoms with Crippen molar-refractivity contribution in [3.8, 4) is 0 Å². The topological polar surface area (TPSA) is 66.8 Å². The number of carboxylic acid groups (broad SMARTS) is 1. The van der Waals surface area contributed by atoms with E-state index in [-0.39, 0.29) is 6.04 Å². The molecule has 0 heterocycles. The molecule has 0 fully saturated rings. The normalized spacial score (nSPS) is 12.4. The highest BCUT2D eigenvalue weighted by molar-refractivity contribution is 5.84. The van der Waals surface area contributed by atoms with Crippen LogP contribution in [0.1, 0.15) is 61.3 Å². The molecule has 0 bridgehead atoms. The van der Waals surface area contributed by atoms with Gasteiger partial charge in [0.2, 0.25) is 0 Å². The summed E-state index contributed by atoms with van der Waals surface area (Å²) in [6.45, 7) is 12.5. The van der Waals surface area contributed by atoms with Crippen LogP contribution in [0.2, 0.25) is 0 Å². The maximum absolute atomic E-state index is 12.3. The number of amides is 1. The van der Waals surface area contributed by atoms with E-state index in [1.54, 1.807) is 48.5 Å². The molecule has 0 aromatic heterocycles. The molecule has 0 saturated heterocycles. The van der Waals surface area contributed by atoms with E-state index in [0.29, 0.717) is 12.8 Å². The fourth-order valence-corrected chi connectivity index (χ4v) is 2.19. The highest BCUT2D eigenvalue weighted by Crippen LogP contribution is 2.29. The lowest BCUT2D eigenvalue weighted by Crippen LogP contribution is -2.60. The van der Waals surface area contributed by atoms with E-state index in [1.807, 2.05) is 0 Å². The fourth-order valence-electron chi connectivity index (χ4n) is 2.19. The fraction of sp³-hybridized carbons (Fsp3) is 0.857. The Bertz CT molecular complexity index is 327. The van der Waals surface area contributed by atoms with Crippen LogP contribution in [0.3, 0.4) is 0 Å². The Labute approximate surface area is 115 Å². The van der Waals surface area contributed by atoms with Gasteiger partial charge in [-0.25, -0.2) is 9.59 Å². The van der Waals surface area contributed by atoms with E-state index < -0.39 is 23.2 Å². The van der Waals surface area contributed by atoms with Crippen LogP contribution in [-0.2, 0) is 9.53 Å². The molecule has 0 unspecified atom stereocenters. The van der Waals surface area contributed by atoms with Crippen LogP contribution < -0.4 is 0 Å². The predicted octanol–water partition coefficient (Wildman–Crippen LogP) is 3.28. The largest absolute Gasteiger partial charge is 0.479 e. The maximum Gasteiger partial charge on any atom is 0.411 e. The lowest BCUT2D eigenvalue weighted by Gasteiger charge is -2.42. The van der Waals surface area contributed by atoms with Crippen molar-refractivity contribution in [2.75, 3.05) is 0 Å². The summed E-state index contributed by atoms with van der Waals surface area (Å²) < 4.78 is 5.34. The first-order chi connectivity index (χ1) is 8.51. The minimum Gasteiger partial charge on any atom is -0.479 e. The predicted molar refractivity (Wildman–Crippen MR) is 74.2 cm³/mol.